The third-order valence-corrected chi connectivity index (χ3v) is 5.83. The van der Waals surface area contributed by atoms with Crippen LogP contribution in [0, 0.1) is 0 Å². The minimum absolute atomic E-state index is 0.194. The maximum Gasteiger partial charge on any atom is 0.426 e. The van der Waals surface area contributed by atoms with E-state index in [0.717, 1.165) is 36.7 Å². The van der Waals surface area contributed by atoms with Gasteiger partial charge in [0.2, 0.25) is 0 Å². The van der Waals surface area contributed by atoms with E-state index in [0.29, 0.717) is 17.9 Å². The van der Waals surface area contributed by atoms with E-state index in [1.807, 2.05) is 12.1 Å². The van der Waals surface area contributed by atoms with Gasteiger partial charge in [-0.3, -0.25) is 15.2 Å². The Kier molecular flexibility index (Phi) is 7.87. The van der Waals surface area contributed by atoms with Crippen LogP contribution in [0.2, 0.25) is 0 Å². The second-order valence-electron chi connectivity index (χ2n) is 9.86. The molecule has 0 saturated heterocycles. The fraction of sp³-hybridized carbons (Fsp3) is 0.407. The first kappa shape index (κ1) is 25.2. The number of benzene rings is 1. The summed E-state index contributed by atoms with van der Waals surface area (Å²) in [7, 11) is 0. The normalized spacial score (nSPS) is 13.0. The molecular weight excluding hydrogens is 456 g/mol. The molecule has 2 heterocycles. The van der Waals surface area contributed by atoms with E-state index in [-0.39, 0.29) is 5.91 Å². The lowest BCUT2D eigenvalue weighted by molar-refractivity contribution is 0.0540. The molecule has 4 N–H and O–H groups in total. The summed E-state index contributed by atoms with van der Waals surface area (Å²) in [5.41, 5.74) is 9.69. The summed E-state index contributed by atoms with van der Waals surface area (Å²) in [4.78, 5) is 33.2. The molecule has 9 nitrogen and oxygen atoms in total. The van der Waals surface area contributed by atoms with E-state index in [4.69, 9.17) is 9.72 Å². The third-order valence-electron chi connectivity index (χ3n) is 5.83. The van der Waals surface area contributed by atoms with E-state index in [1.54, 1.807) is 32.9 Å². The van der Waals surface area contributed by atoms with Crippen molar-refractivity contribution in [3.8, 4) is 0 Å². The van der Waals surface area contributed by atoms with Crippen molar-refractivity contribution in [2.45, 2.75) is 58.5 Å². The van der Waals surface area contributed by atoms with Crippen molar-refractivity contribution >= 4 is 34.4 Å². The van der Waals surface area contributed by atoms with Gasteiger partial charge in [-0.05, 0) is 76.6 Å². The highest BCUT2D eigenvalue weighted by Gasteiger charge is 2.18. The molecule has 1 aliphatic carbocycles. The van der Waals surface area contributed by atoms with Crippen LogP contribution in [0.4, 0.5) is 16.3 Å². The minimum atomic E-state index is -0.611. The lowest BCUT2D eigenvalue weighted by Gasteiger charge is -2.21. The Balaban J connectivity index is 1.24. The molecule has 9 heteroatoms. The predicted molar refractivity (Wildman–Crippen MR) is 141 cm³/mol. The molecular formula is C27H34N6O3. The Hall–Kier alpha value is -3.88. The summed E-state index contributed by atoms with van der Waals surface area (Å²) in [6.07, 6.45) is 6.10. The number of amides is 2. The van der Waals surface area contributed by atoms with Gasteiger partial charge in [0.25, 0.3) is 5.91 Å². The first-order valence-corrected chi connectivity index (χ1v) is 12.4. The van der Waals surface area contributed by atoms with E-state index in [1.165, 1.54) is 36.0 Å². The van der Waals surface area contributed by atoms with Crippen LogP contribution in [0.15, 0.2) is 42.6 Å². The number of nitrogens with one attached hydrogen (secondary N) is 4. The smallest absolute Gasteiger partial charge is 0.426 e. The van der Waals surface area contributed by atoms with Crippen LogP contribution in [0.3, 0.4) is 0 Å². The number of carbonyl (C=O) groups is 2. The number of carbonyl (C=O) groups excluding carboxylic acids is 2. The molecule has 0 radical (unpaired) electrons. The molecule has 0 saturated carbocycles. The topological polar surface area (TPSA) is 117 Å². The summed E-state index contributed by atoms with van der Waals surface area (Å²) in [6.45, 7) is 6.63. The van der Waals surface area contributed by atoms with Gasteiger partial charge in [-0.1, -0.05) is 18.2 Å². The number of hydrogen-bond donors (Lipinski definition) is 4. The molecule has 2 amide bonds. The average Bonchev–Trinajstić information content (AvgIpc) is 2.86. The molecule has 1 aromatic carbocycles. The largest absolute Gasteiger partial charge is 0.443 e. The lowest BCUT2D eigenvalue weighted by atomic mass is 9.92. The van der Waals surface area contributed by atoms with E-state index in [2.05, 4.69) is 38.6 Å². The van der Waals surface area contributed by atoms with E-state index >= 15 is 0 Å². The van der Waals surface area contributed by atoms with Crippen LogP contribution in [-0.2, 0) is 17.6 Å². The van der Waals surface area contributed by atoms with E-state index < -0.39 is 11.7 Å². The number of pyridine rings is 2. The number of rotatable bonds is 8. The van der Waals surface area contributed by atoms with E-state index in [9.17, 15) is 9.59 Å². The number of hydrazine groups is 1. The van der Waals surface area contributed by atoms with Crippen molar-refractivity contribution in [1.82, 2.24) is 20.7 Å². The molecule has 190 valence electrons. The first-order valence-electron chi connectivity index (χ1n) is 12.4. The van der Waals surface area contributed by atoms with Crippen molar-refractivity contribution in [2.75, 3.05) is 23.8 Å². The van der Waals surface area contributed by atoms with Crippen LogP contribution < -0.4 is 21.5 Å². The first-order chi connectivity index (χ1) is 17.3. The van der Waals surface area contributed by atoms with Crippen molar-refractivity contribution in [1.29, 1.82) is 0 Å². The number of fused-ring (bicyclic) bond motifs is 2. The molecule has 4 rings (SSSR count). The zero-order valence-electron chi connectivity index (χ0n) is 21.1. The fourth-order valence-corrected chi connectivity index (χ4v) is 4.20. The Labute approximate surface area is 211 Å². The van der Waals surface area contributed by atoms with Gasteiger partial charge < -0.3 is 15.4 Å². The van der Waals surface area contributed by atoms with Crippen LogP contribution in [0.25, 0.3) is 10.9 Å². The number of anilines is 2. The molecule has 1 aliphatic rings. The highest BCUT2D eigenvalue weighted by atomic mass is 16.6. The molecule has 0 spiro atoms. The van der Waals surface area contributed by atoms with Gasteiger partial charge >= 0.3 is 6.09 Å². The maximum atomic E-state index is 12.5. The van der Waals surface area contributed by atoms with Crippen LogP contribution in [0.1, 0.15) is 61.6 Å². The molecule has 2 aromatic heterocycles. The van der Waals surface area contributed by atoms with Gasteiger partial charge in [0.1, 0.15) is 11.4 Å². The van der Waals surface area contributed by atoms with Gasteiger partial charge in [-0.15, -0.1) is 0 Å². The number of nitrogens with zero attached hydrogens (tertiary/aromatic N) is 2. The lowest BCUT2D eigenvalue weighted by Crippen LogP contribution is -2.36. The van der Waals surface area contributed by atoms with Crippen LogP contribution in [-0.4, -0.2) is 40.7 Å². The monoisotopic (exact) mass is 490 g/mol. The summed E-state index contributed by atoms with van der Waals surface area (Å²) < 4.78 is 5.15. The molecule has 0 bridgehead atoms. The Bertz CT molecular complexity index is 1220. The summed E-state index contributed by atoms with van der Waals surface area (Å²) in [5.74, 6) is 0.204. The van der Waals surface area contributed by atoms with Crippen molar-refractivity contribution in [3.05, 3.63) is 59.4 Å². The van der Waals surface area contributed by atoms with Gasteiger partial charge in [-0.25, -0.2) is 15.2 Å². The van der Waals surface area contributed by atoms with Crippen LogP contribution in [0.5, 0.6) is 0 Å². The predicted octanol–water partition coefficient (Wildman–Crippen LogP) is 4.59. The zero-order chi connectivity index (χ0) is 25.5. The molecule has 0 aliphatic heterocycles. The summed E-state index contributed by atoms with van der Waals surface area (Å²) >= 11 is 0. The Morgan fingerprint density at radius 3 is 2.61 bits per heavy atom. The van der Waals surface area contributed by atoms with Gasteiger partial charge in [0.15, 0.2) is 0 Å². The van der Waals surface area contributed by atoms with Gasteiger partial charge in [-0.2, -0.15) is 0 Å². The number of para-hydroxylation sites is 1. The highest BCUT2D eigenvalue weighted by Crippen LogP contribution is 2.33. The Morgan fingerprint density at radius 1 is 1.03 bits per heavy atom. The number of hydrogen-bond acceptors (Lipinski definition) is 7. The number of aromatic nitrogens is 2. The highest BCUT2D eigenvalue weighted by molar-refractivity contribution is 5.94. The molecule has 0 unspecified atom stereocenters. The van der Waals surface area contributed by atoms with Gasteiger partial charge in [0, 0.05) is 36.1 Å². The third kappa shape index (κ3) is 6.62. The Morgan fingerprint density at radius 2 is 1.83 bits per heavy atom. The zero-order valence-corrected chi connectivity index (χ0v) is 21.1. The van der Waals surface area contributed by atoms with Crippen molar-refractivity contribution < 1.29 is 14.3 Å². The number of ether oxygens (including phenoxy) is 1. The fourth-order valence-electron chi connectivity index (χ4n) is 4.20. The second-order valence-corrected chi connectivity index (χ2v) is 9.86. The molecule has 3 aromatic rings. The summed E-state index contributed by atoms with van der Waals surface area (Å²) in [5, 5.41) is 7.71. The van der Waals surface area contributed by atoms with Crippen molar-refractivity contribution in [2.24, 2.45) is 0 Å². The maximum absolute atomic E-state index is 12.5. The van der Waals surface area contributed by atoms with Crippen LogP contribution >= 0.6 is 0 Å². The quantitative estimate of drug-likeness (QED) is 0.269. The van der Waals surface area contributed by atoms with Crippen molar-refractivity contribution in [3.63, 3.8) is 0 Å². The standard InChI is InChI=1S/C27H34N6O3/c1-27(2,3)36-26(35)33-32-23-14-13-18(17-30-23)25(34)29-16-8-15-28-24-19-9-4-6-11-21(19)31-22-12-7-5-10-20(22)24/h4,6,9,11,13-14,17H,5,7-8,10,12,15-16H2,1-3H3,(H,28,31)(H,29,34)(H,30,32)(H,33,35). The molecule has 0 fully saturated rings. The summed E-state index contributed by atoms with van der Waals surface area (Å²) in [6, 6.07) is 11.5. The minimum Gasteiger partial charge on any atom is -0.443 e. The SMILES string of the molecule is CC(C)(C)OC(=O)NNc1ccc(C(=O)NCCCNc2c3c(nc4ccccc24)CCCC3)cn1. The number of aryl methyl sites for hydroxylation is 1. The molecule has 36 heavy (non-hydrogen) atoms. The second kappa shape index (κ2) is 11.2. The van der Waals surface area contributed by atoms with Gasteiger partial charge in [0.05, 0.1) is 11.1 Å². The molecule has 0 atom stereocenters. The average molecular weight is 491 g/mol.